The van der Waals surface area contributed by atoms with Gasteiger partial charge in [-0.2, -0.15) is 0 Å². The molecule has 3 atom stereocenters. The van der Waals surface area contributed by atoms with Crippen LogP contribution in [0.2, 0.25) is 0 Å². The molecule has 2 N–H and O–H groups in total. The molecule has 35 heavy (non-hydrogen) atoms. The van der Waals surface area contributed by atoms with Crippen molar-refractivity contribution in [2.45, 2.75) is 57.7 Å². The third-order valence-electron chi connectivity index (χ3n) is 8.23. The minimum atomic E-state index is 0.219. The number of likely N-dealkylation sites (tertiary alicyclic amines) is 1. The maximum absolute atomic E-state index is 12.4. The zero-order valence-corrected chi connectivity index (χ0v) is 21.1. The van der Waals surface area contributed by atoms with Gasteiger partial charge in [0.15, 0.2) is 0 Å². The number of rotatable bonds is 10. The van der Waals surface area contributed by atoms with E-state index < -0.39 is 0 Å². The Morgan fingerprint density at radius 1 is 0.971 bits per heavy atom. The van der Waals surface area contributed by atoms with Crippen molar-refractivity contribution in [2.24, 2.45) is 11.8 Å². The monoisotopic (exact) mass is 474 g/mol. The van der Waals surface area contributed by atoms with E-state index in [4.69, 9.17) is 0 Å². The Kier molecular flexibility index (Phi) is 8.50. The zero-order chi connectivity index (χ0) is 23.9. The predicted molar refractivity (Wildman–Crippen MR) is 142 cm³/mol. The maximum atomic E-state index is 12.4. The molecule has 3 heterocycles. The Hall–Kier alpha value is -2.21. The number of hydrogen-bond donors (Lipinski definition) is 2. The number of carbonyl (C=O) groups excluding carboxylic acids is 1. The van der Waals surface area contributed by atoms with Crippen molar-refractivity contribution in [3.63, 3.8) is 0 Å². The summed E-state index contributed by atoms with van der Waals surface area (Å²) in [6.45, 7) is 8.59. The van der Waals surface area contributed by atoms with Gasteiger partial charge in [0.25, 0.3) is 0 Å². The van der Waals surface area contributed by atoms with Crippen molar-refractivity contribution < 1.29 is 4.79 Å². The lowest BCUT2D eigenvalue weighted by molar-refractivity contribution is -0.121. The Balaban J connectivity index is 0.963. The molecule has 2 aromatic carbocycles. The number of amides is 1. The Morgan fingerprint density at radius 3 is 2.69 bits per heavy atom. The normalized spacial score (nSPS) is 24.6. The number of hydrogen-bond acceptors (Lipinski definition) is 4. The van der Waals surface area contributed by atoms with Crippen LogP contribution in [0.5, 0.6) is 0 Å². The molecule has 5 heteroatoms. The van der Waals surface area contributed by atoms with E-state index in [1.54, 1.807) is 0 Å². The van der Waals surface area contributed by atoms with E-state index in [1.807, 2.05) is 0 Å². The fourth-order valence-electron chi connectivity index (χ4n) is 6.43. The molecule has 2 saturated heterocycles. The van der Waals surface area contributed by atoms with Crippen LogP contribution in [0.25, 0.3) is 0 Å². The van der Waals surface area contributed by atoms with Gasteiger partial charge in [0.1, 0.15) is 0 Å². The second kappa shape index (κ2) is 12.2. The molecule has 1 amide bonds. The largest absolute Gasteiger partial charge is 0.356 e. The van der Waals surface area contributed by atoms with Gasteiger partial charge < -0.3 is 10.6 Å². The van der Waals surface area contributed by atoms with E-state index in [1.165, 1.54) is 36.2 Å². The highest BCUT2D eigenvalue weighted by molar-refractivity contribution is 5.75. The van der Waals surface area contributed by atoms with Crippen LogP contribution in [-0.4, -0.2) is 61.0 Å². The van der Waals surface area contributed by atoms with Crippen LogP contribution in [-0.2, 0) is 24.3 Å². The molecule has 0 aromatic heterocycles. The molecule has 3 aliphatic rings. The van der Waals surface area contributed by atoms with Crippen LogP contribution < -0.4 is 10.6 Å². The van der Waals surface area contributed by atoms with E-state index in [2.05, 4.69) is 75.0 Å². The standard InChI is InChI=1S/C30H42N4O/c35-30(31-15-7-16-33-17-14-26-10-4-5-11-27(26)22-33)13-6-12-29-28-18-25(19-32-29)21-34(23-28)20-24-8-2-1-3-9-24/h1-5,8-11,25,28-29,32H,6-7,12-23H2,(H,31,35)/t25?,28?,29-/m1/s1. The predicted octanol–water partition coefficient (Wildman–Crippen LogP) is 3.83. The molecule has 188 valence electrons. The van der Waals surface area contributed by atoms with Crippen LogP contribution in [0.3, 0.4) is 0 Å². The molecule has 0 radical (unpaired) electrons. The number of piperidine rings is 2. The summed E-state index contributed by atoms with van der Waals surface area (Å²) in [7, 11) is 0. The number of benzene rings is 2. The smallest absolute Gasteiger partial charge is 0.219 e. The van der Waals surface area contributed by atoms with Crippen LogP contribution in [0.1, 0.15) is 48.8 Å². The topological polar surface area (TPSA) is 47.6 Å². The fraction of sp³-hybridized carbons (Fsp3) is 0.567. The molecular weight excluding hydrogens is 432 g/mol. The van der Waals surface area contributed by atoms with E-state index >= 15 is 0 Å². The van der Waals surface area contributed by atoms with Crippen LogP contribution in [0.15, 0.2) is 54.6 Å². The summed E-state index contributed by atoms with van der Waals surface area (Å²) in [6, 6.07) is 20.2. The Labute approximate surface area is 211 Å². The van der Waals surface area contributed by atoms with E-state index in [0.29, 0.717) is 18.4 Å². The summed E-state index contributed by atoms with van der Waals surface area (Å²) >= 11 is 0. The second-order valence-corrected chi connectivity index (χ2v) is 10.9. The lowest BCUT2D eigenvalue weighted by atomic mass is 9.79. The van der Waals surface area contributed by atoms with Gasteiger partial charge >= 0.3 is 0 Å². The molecule has 5 rings (SSSR count). The molecule has 2 unspecified atom stereocenters. The summed E-state index contributed by atoms with van der Waals surface area (Å²) in [6.07, 6.45) is 6.25. The highest BCUT2D eigenvalue weighted by Gasteiger charge is 2.36. The molecule has 5 nitrogen and oxygen atoms in total. The molecule has 0 aliphatic carbocycles. The summed E-state index contributed by atoms with van der Waals surface area (Å²) in [5.41, 5.74) is 4.38. The van der Waals surface area contributed by atoms with Gasteiger partial charge in [-0.15, -0.1) is 0 Å². The van der Waals surface area contributed by atoms with Crippen LogP contribution >= 0.6 is 0 Å². The van der Waals surface area contributed by atoms with Gasteiger partial charge in [-0.05, 0) is 67.2 Å². The van der Waals surface area contributed by atoms with E-state index in [9.17, 15) is 4.79 Å². The third-order valence-corrected chi connectivity index (χ3v) is 8.23. The van der Waals surface area contributed by atoms with Gasteiger partial charge in [0.05, 0.1) is 0 Å². The van der Waals surface area contributed by atoms with Gasteiger partial charge in [-0.1, -0.05) is 54.6 Å². The number of nitrogens with one attached hydrogen (secondary N) is 2. The highest BCUT2D eigenvalue weighted by Crippen LogP contribution is 2.31. The van der Waals surface area contributed by atoms with E-state index in [0.717, 1.165) is 70.9 Å². The van der Waals surface area contributed by atoms with Crippen molar-refractivity contribution in [2.75, 3.05) is 39.3 Å². The first-order valence-corrected chi connectivity index (χ1v) is 13.8. The van der Waals surface area contributed by atoms with Crippen molar-refractivity contribution in [1.29, 1.82) is 0 Å². The first kappa shape index (κ1) is 24.5. The van der Waals surface area contributed by atoms with Gasteiger partial charge in [-0.3, -0.25) is 14.6 Å². The molecule has 2 aromatic rings. The van der Waals surface area contributed by atoms with Gasteiger partial charge in [0.2, 0.25) is 5.91 Å². The molecule has 0 spiro atoms. The minimum Gasteiger partial charge on any atom is -0.356 e. The lowest BCUT2D eigenvalue weighted by Crippen LogP contribution is -2.55. The highest BCUT2D eigenvalue weighted by atomic mass is 16.1. The molecular formula is C30H42N4O. The lowest BCUT2D eigenvalue weighted by Gasteiger charge is -2.46. The summed E-state index contributed by atoms with van der Waals surface area (Å²) in [5, 5.41) is 6.97. The zero-order valence-electron chi connectivity index (χ0n) is 21.1. The number of carbonyl (C=O) groups is 1. The van der Waals surface area contributed by atoms with Crippen molar-refractivity contribution in [1.82, 2.24) is 20.4 Å². The average molecular weight is 475 g/mol. The maximum Gasteiger partial charge on any atom is 0.219 e. The SMILES string of the molecule is O=C(CCC[C@H]1NCC2CC1CN(Cc1ccccc1)C2)NCCCN1CCc2ccccc2C1. The summed E-state index contributed by atoms with van der Waals surface area (Å²) < 4.78 is 0. The Bertz CT molecular complexity index is 948. The average Bonchev–Trinajstić information content (AvgIpc) is 2.88. The quantitative estimate of drug-likeness (QED) is 0.514. The fourth-order valence-corrected chi connectivity index (χ4v) is 6.43. The third kappa shape index (κ3) is 6.93. The van der Waals surface area contributed by atoms with Gasteiger partial charge in [0, 0.05) is 58.3 Å². The minimum absolute atomic E-state index is 0.219. The molecule has 0 saturated carbocycles. The van der Waals surface area contributed by atoms with Gasteiger partial charge in [-0.25, -0.2) is 0 Å². The molecule has 2 fully saturated rings. The number of nitrogens with zero attached hydrogens (tertiary/aromatic N) is 2. The first-order chi connectivity index (χ1) is 17.2. The molecule has 3 aliphatic heterocycles. The first-order valence-electron chi connectivity index (χ1n) is 13.8. The summed E-state index contributed by atoms with van der Waals surface area (Å²) in [5.74, 6) is 1.70. The van der Waals surface area contributed by atoms with Crippen LogP contribution in [0, 0.1) is 11.8 Å². The second-order valence-electron chi connectivity index (χ2n) is 10.9. The summed E-state index contributed by atoms with van der Waals surface area (Å²) in [4.78, 5) is 17.6. The number of fused-ring (bicyclic) bond motifs is 3. The van der Waals surface area contributed by atoms with Crippen molar-refractivity contribution in [3.8, 4) is 0 Å². The van der Waals surface area contributed by atoms with Crippen LogP contribution in [0.4, 0.5) is 0 Å². The van der Waals surface area contributed by atoms with Crippen molar-refractivity contribution >= 4 is 5.91 Å². The van der Waals surface area contributed by atoms with E-state index in [-0.39, 0.29) is 5.91 Å². The molecule has 2 bridgehead atoms. The Morgan fingerprint density at radius 2 is 1.80 bits per heavy atom. The van der Waals surface area contributed by atoms with Crippen molar-refractivity contribution in [3.05, 3.63) is 71.3 Å².